The van der Waals surface area contributed by atoms with E-state index in [9.17, 15) is 4.79 Å². The molecule has 6 heteroatoms. The second kappa shape index (κ2) is 16.1. The molecule has 1 aliphatic heterocycles. The zero-order chi connectivity index (χ0) is 28.8. The SMILES string of the molecule is O=CC[C@H]1O[C@H](COCc2ccccc2)[C@H](OCc2ccccc2)[C@H](OCc2ccccc2)[C@H]1OCc1ccccc1. The number of hydrogen-bond acceptors (Lipinski definition) is 6. The van der Waals surface area contributed by atoms with Crippen LogP contribution in [-0.4, -0.2) is 43.4 Å². The minimum atomic E-state index is -0.537. The second-order valence-electron chi connectivity index (χ2n) is 10.4. The van der Waals surface area contributed by atoms with Crippen molar-refractivity contribution in [2.24, 2.45) is 0 Å². The molecule has 4 aromatic carbocycles. The highest BCUT2D eigenvalue weighted by Crippen LogP contribution is 2.32. The Morgan fingerprint density at radius 2 is 0.881 bits per heavy atom. The van der Waals surface area contributed by atoms with Gasteiger partial charge in [0.05, 0.1) is 39.1 Å². The van der Waals surface area contributed by atoms with Gasteiger partial charge in [-0.2, -0.15) is 0 Å². The summed E-state index contributed by atoms with van der Waals surface area (Å²) in [4.78, 5) is 11.8. The third kappa shape index (κ3) is 8.68. The fraction of sp³-hybridized carbons (Fsp3) is 0.306. The Kier molecular flexibility index (Phi) is 11.4. The number of carbonyl (C=O) groups is 1. The number of ether oxygens (including phenoxy) is 5. The second-order valence-corrected chi connectivity index (χ2v) is 10.4. The molecule has 0 saturated carbocycles. The zero-order valence-corrected chi connectivity index (χ0v) is 23.7. The first-order chi connectivity index (χ1) is 20.8. The molecule has 42 heavy (non-hydrogen) atoms. The van der Waals surface area contributed by atoms with E-state index in [0.29, 0.717) is 26.4 Å². The Morgan fingerprint density at radius 1 is 0.500 bits per heavy atom. The fourth-order valence-corrected chi connectivity index (χ4v) is 5.17. The maximum atomic E-state index is 11.8. The van der Waals surface area contributed by atoms with Crippen LogP contribution in [0.2, 0.25) is 0 Å². The predicted molar refractivity (Wildman–Crippen MR) is 160 cm³/mol. The Bertz CT molecular complexity index is 1300. The monoisotopic (exact) mass is 566 g/mol. The van der Waals surface area contributed by atoms with Gasteiger partial charge in [-0.05, 0) is 22.3 Å². The van der Waals surface area contributed by atoms with Crippen LogP contribution in [0, 0.1) is 0 Å². The molecule has 0 unspecified atom stereocenters. The van der Waals surface area contributed by atoms with Gasteiger partial charge >= 0.3 is 0 Å². The first-order valence-electron chi connectivity index (χ1n) is 14.5. The molecule has 0 spiro atoms. The summed E-state index contributed by atoms with van der Waals surface area (Å²) in [6, 6.07) is 40.0. The standard InChI is InChI=1S/C36H38O6/c37-22-21-32-34(39-24-29-15-7-2-8-16-29)36(41-26-31-19-11-4-12-20-31)35(40-25-30-17-9-3-10-18-30)33(42-32)27-38-23-28-13-5-1-6-14-28/h1-20,22,32-36H,21,23-27H2/t32-,33-,34+,35+,36-/m1/s1. The van der Waals surface area contributed by atoms with Crippen LogP contribution in [0.15, 0.2) is 121 Å². The van der Waals surface area contributed by atoms with Gasteiger partial charge in [0.2, 0.25) is 0 Å². The largest absolute Gasteiger partial charge is 0.374 e. The Labute approximate surface area is 248 Å². The molecule has 0 amide bonds. The van der Waals surface area contributed by atoms with E-state index >= 15 is 0 Å². The lowest BCUT2D eigenvalue weighted by Crippen LogP contribution is -2.61. The number of hydrogen-bond donors (Lipinski definition) is 0. The Morgan fingerprint density at radius 3 is 1.31 bits per heavy atom. The molecule has 1 fully saturated rings. The molecule has 6 nitrogen and oxygen atoms in total. The van der Waals surface area contributed by atoms with Gasteiger partial charge in [0.25, 0.3) is 0 Å². The molecule has 1 aliphatic rings. The fourth-order valence-electron chi connectivity index (χ4n) is 5.17. The third-order valence-electron chi connectivity index (χ3n) is 7.31. The molecule has 1 heterocycles. The molecular formula is C36H38O6. The first kappa shape index (κ1) is 29.8. The van der Waals surface area contributed by atoms with Crippen LogP contribution >= 0.6 is 0 Å². The van der Waals surface area contributed by atoms with E-state index < -0.39 is 30.5 Å². The molecule has 0 bridgehead atoms. The topological polar surface area (TPSA) is 63.2 Å². The summed E-state index contributed by atoms with van der Waals surface area (Å²) in [6.45, 7) is 1.82. The van der Waals surface area contributed by atoms with Crippen LogP contribution in [0.3, 0.4) is 0 Å². The van der Waals surface area contributed by atoms with Crippen molar-refractivity contribution < 1.29 is 28.5 Å². The first-order valence-corrected chi connectivity index (χ1v) is 14.5. The van der Waals surface area contributed by atoms with E-state index in [0.717, 1.165) is 28.5 Å². The van der Waals surface area contributed by atoms with Crippen LogP contribution in [0.5, 0.6) is 0 Å². The molecular weight excluding hydrogens is 528 g/mol. The zero-order valence-electron chi connectivity index (χ0n) is 23.7. The van der Waals surface area contributed by atoms with Crippen molar-refractivity contribution in [1.82, 2.24) is 0 Å². The molecule has 218 valence electrons. The molecule has 4 aromatic rings. The van der Waals surface area contributed by atoms with Crippen molar-refractivity contribution in [3.63, 3.8) is 0 Å². The molecule has 0 aliphatic carbocycles. The van der Waals surface area contributed by atoms with Crippen molar-refractivity contribution in [2.75, 3.05) is 6.61 Å². The molecule has 0 N–H and O–H groups in total. The summed E-state index contributed by atoms with van der Waals surface area (Å²) < 4.78 is 32.5. The molecule has 1 saturated heterocycles. The smallest absolute Gasteiger partial charge is 0.122 e. The normalized spacial score (nSPS) is 22.0. The van der Waals surface area contributed by atoms with E-state index in [1.54, 1.807) is 0 Å². The average Bonchev–Trinajstić information content (AvgIpc) is 3.05. The highest BCUT2D eigenvalue weighted by atomic mass is 16.6. The highest BCUT2D eigenvalue weighted by molar-refractivity contribution is 5.50. The van der Waals surface area contributed by atoms with E-state index in [-0.39, 0.29) is 13.0 Å². The van der Waals surface area contributed by atoms with Crippen LogP contribution < -0.4 is 0 Å². The van der Waals surface area contributed by atoms with Crippen LogP contribution in [0.1, 0.15) is 28.7 Å². The summed E-state index contributed by atoms with van der Waals surface area (Å²) in [7, 11) is 0. The van der Waals surface area contributed by atoms with Gasteiger partial charge in [0, 0.05) is 6.42 Å². The quantitative estimate of drug-likeness (QED) is 0.157. The highest BCUT2D eigenvalue weighted by Gasteiger charge is 2.48. The Balaban J connectivity index is 1.40. The number of aldehydes is 1. The third-order valence-corrected chi connectivity index (χ3v) is 7.31. The van der Waals surface area contributed by atoms with Crippen LogP contribution in [0.25, 0.3) is 0 Å². The van der Waals surface area contributed by atoms with Crippen molar-refractivity contribution in [3.05, 3.63) is 144 Å². The van der Waals surface area contributed by atoms with Crippen molar-refractivity contribution in [3.8, 4) is 0 Å². The Hall–Kier alpha value is -3.65. The predicted octanol–water partition coefficient (Wildman–Crippen LogP) is 6.32. The lowest BCUT2D eigenvalue weighted by molar-refractivity contribution is -0.272. The molecule has 0 radical (unpaired) electrons. The number of carbonyl (C=O) groups excluding carboxylic acids is 1. The van der Waals surface area contributed by atoms with E-state index in [2.05, 4.69) is 0 Å². The molecule has 5 rings (SSSR count). The lowest BCUT2D eigenvalue weighted by Gasteiger charge is -2.46. The van der Waals surface area contributed by atoms with Gasteiger partial charge < -0.3 is 28.5 Å². The summed E-state index contributed by atoms with van der Waals surface area (Å²) >= 11 is 0. The number of benzene rings is 4. The molecule has 0 aromatic heterocycles. The van der Waals surface area contributed by atoms with Crippen LogP contribution in [0.4, 0.5) is 0 Å². The van der Waals surface area contributed by atoms with Crippen LogP contribution in [-0.2, 0) is 54.9 Å². The summed E-state index contributed by atoms with van der Waals surface area (Å²) in [5, 5.41) is 0. The van der Waals surface area contributed by atoms with Gasteiger partial charge in [-0.15, -0.1) is 0 Å². The van der Waals surface area contributed by atoms with Crippen molar-refractivity contribution in [1.29, 1.82) is 0 Å². The maximum Gasteiger partial charge on any atom is 0.122 e. The summed E-state index contributed by atoms with van der Waals surface area (Å²) in [5.74, 6) is 0. The van der Waals surface area contributed by atoms with Crippen molar-refractivity contribution >= 4 is 6.29 Å². The minimum Gasteiger partial charge on any atom is -0.374 e. The van der Waals surface area contributed by atoms with Gasteiger partial charge in [-0.25, -0.2) is 0 Å². The van der Waals surface area contributed by atoms with E-state index in [1.165, 1.54) is 0 Å². The van der Waals surface area contributed by atoms with E-state index in [4.69, 9.17) is 23.7 Å². The lowest BCUT2D eigenvalue weighted by atomic mass is 9.92. The van der Waals surface area contributed by atoms with Gasteiger partial charge in [-0.1, -0.05) is 121 Å². The number of rotatable bonds is 15. The minimum absolute atomic E-state index is 0.172. The van der Waals surface area contributed by atoms with Gasteiger partial charge in [0.1, 0.15) is 30.7 Å². The van der Waals surface area contributed by atoms with Crippen molar-refractivity contribution in [2.45, 2.75) is 63.4 Å². The summed E-state index contributed by atoms with van der Waals surface area (Å²) in [5.41, 5.74) is 4.18. The summed E-state index contributed by atoms with van der Waals surface area (Å²) in [6.07, 6.45) is -1.50. The van der Waals surface area contributed by atoms with Gasteiger partial charge in [0.15, 0.2) is 0 Å². The molecule has 5 atom stereocenters. The van der Waals surface area contributed by atoms with E-state index in [1.807, 2.05) is 121 Å². The van der Waals surface area contributed by atoms with Gasteiger partial charge in [-0.3, -0.25) is 0 Å². The maximum absolute atomic E-state index is 11.8. The average molecular weight is 567 g/mol.